The van der Waals surface area contributed by atoms with E-state index < -0.39 is 21.8 Å². The van der Waals surface area contributed by atoms with E-state index in [0.29, 0.717) is 37.0 Å². The molecular formula is C27H28ClF3N2O4S. The van der Waals surface area contributed by atoms with E-state index in [1.807, 2.05) is 42.5 Å². The second-order valence-electron chi connectivity index (χ2n) is 8.93. The van der Waals surface area contributed by atoms with Gasteiger partial charge in [0.05, 0.1) is 30.3 Å². The molecule has 0 aliphatic carbocycles. The van der Waals surface area contributed by atoms with E-state index in [2.05, 4.69) is 4.90 Å². The van der Waals surface area contributed by atoms with Crippen molar-refractivity contribution < 1.29 is 31.1 Å². The molecule has 1 saturated heterocycles. The Morgan fingerprint density at radius 2 is 1.63 bits per heavy atom. The maximum atomic E-state index is 13.0. The van der Waals surface area contributed by atoms with Crippen LogP contribution in [0.4, 0.5) is 13.2 Å². The summed E-state index contributed by atoms with van der Waals surface area (Å²) in [5.74, 6) is 0.700. The molecule has 1 fully saturated rings. The molecule has 0 amide bonds. The quantitative estimate of drug-likeness (QED) is 0.335. The molecule has 1 aliphatic heterocycles. The van der Waals surface area contributed by atoms with E-state index >= 15 is 0 Å². The number of rotatable bonds is 9. The SMILES string of the molecule is COc1cccc([C@H](CN2CCN(S(=O)(=O)c3ccc(C(F)(F)F)cc3)CC2)OCc2cccc(Cl)c2)c1. The molecule has 0 radical (unpaired) electrons. The lowest BCUT2D eigenvalue weighted by molar-refractivity contribution is -0.137. The predicted octanol–water partition coefficient (Wildman–Crippen LogP) is 5.63. The standard InChI is InChI=1S/C27H28ClF3N2O4S/c1-36-24-7-3-5-21(17-24)26(37-19-20-4-2-6-23(28)16-20)18-32-12-14-33(15-13-32)38(34,35)25-10-8-22(9-11-25)27(29,30)31/h2-11,16-17,26H,12-15,18-19H2,1H3/t26-/m0/s1. The number of alkyl halides is 3. The van der Waals surface area contributed by atoms with E-state index in [9.17, 15) is 21.6 Å². The van der Waals surface area contributed by atoms with Crippen molar-refractivity contribution in [2.45, 2.75) is 23.8 Å². The predicted molar refractivity (Wildman–Crippen MR) is 139 cm³/mol. The fourth-order valence-corrected chi connectivity index (χ4v) is 5.91. The van der Waals surface area contributed by atoms with Crippen LogP contribution in [0.25, 0.3) is 0 Å². The van der Waals surface area contributed by atoms with Crippen LogP contribution in [0.2, 0.25) is 5.02 Å². The molecule has 3 aromatic rings. The molecule has 0 N–H and O–H groups in total. The summed E-state index contributed by atoms with van der Waals surface area (Å²) >= 11 is 6.11. The van der Waals surface area contributed by atoms with Gasteiger partial charge < -0.3 is 9.47 Å². The fourth-order valence-electron chi connectivity index (χ4n) is 4.27. The molecule has 1 heterocycles. The Kier molecular flexibility index (Phi) is 9.00. The molecular weight excluding hydrogens is 541 g/mol. The van der Waals surface area contributed by atoms with Crippen LogP contribution in [0.3, 0.4) is 0 Å². The van der Waals surface area contributed by atoms with Gasteiger partial charge >= 0.3 is 6.18 Å². The van der Waals surface area contributed by atoms with Gasteiger partial charge in [0.25, 0.3) is 0 Å². The summed E-state index contributed by atoms with van der Waals surface area (Å²) in [5.41, 5.74) is 0.965. The number of ether oxygens (including phenoxy) is 2. The van der Waals surface area contributed by atoms with Gasteiger partial charge in [-0.1, -0.05) is 35.9 Å². The van der Waals surface area contributed by atoms with Crippen LogP contribution in [0.15, 0.2) is 77.7 Å². The molecule has 1 aliphatic rings. The number of hydrogen-bond donors (Lipinski definition) is 0. The molecule has 0 saturated carbocycles. The highest BCUT2D eigenvalue weighted by molar-refractivity contribution is 7.89. The summed E-state index contributed by atoms with van der Waals surface area (Å²) in [6.07, 6.45) is -4.84. The van der Waals surface area contributed by atoms with E-state index in [0.717, 1.165) is 35.4 Å². The van der Waals surface area contributed by atoms with Gasteiger partial charge in [-0.3, -0.25) is 4.90 Å². The molecule has 0 bridgehead atoms. The summed E-state index contributed by atoms with van der Waals surface area (Å²) in [5, 5.41) is 0.620. The third kappa shape index (κ3) is 7.06. The second kappa shape index (κ2) is 12.0. The number of methoxy groups -OCH3 is 1. The monoisotopic (exact) mass is 568 g/mol. The molecule has 1 atom stereocenters. The molecule has 0 unspecified atom stereocenters. The van der Waals surface area contributed by atoms with Crippen molar-refractivity contribution in [2.24, 2.45) is 0 Å². The van der Waals surface area contributed by atoms with Crippen molar-refractivity contribution in [2.75, 3.05) is 39.8 Å². The summed E-state index contributed by atoms with van der Waals surface area (Å²) in [4.78, 5) is 1.96. The Morgan fingerprint density at radius 1 is 0.947 bits per heavy atom. The van der Waals surface area contributed by atoms with E-state index in [1.165, 1.54) is 4.31 Å². The summed E-state index contributed by atoms with van der Waals surface area (Å²) < 4.78 is 77.6. The summed E-state index contributed by atoms with van der Waals surface area (Å²) in [6.45, 7) is 2.17. The zero-order valence-corrected chi connectivity index (χ0v) is 22.3. The number of piperazine rings is 1. The van der Waals surface area contributed by atoms with Crippen LogP contribution in [0.1, 0.15) is 22.8 Å². The number of halogens is 4. The highest BCUT2D eigenvalue weighted by atomic mass is 35.5. The van der Waals surface area contributed by atoms with Crippen molar-refractivity contribution in [1.29, 1.82) is 0 Å². The fraction of sp³-hybridized carbons (Fsp3) is 0.333. The second-order valence-corrected chi connectivity index (χ2v) is 11.3. The minimum Gasteiger partial charge on any atom is -0.497 e. The van der Waals surface area contributed by atoms with Crippen molar-refractivity contribution in [3.63, 3.8) is 0 Å². The molecule has 204 valence electrons. The van der Waals surface area contributed by atoms with E-state index in [1.54, 1.807) is 13.2 Å². The Balaban J connectivity index is 1.43. The Hall–Kier alpha value is -2.63. The molecule has 11 heteroatoms. The first-order valence-corrected chi connectivity index (χ1v) is 13.8. The van der Waals surface area contributed by atoms with Gasteiger partial charge in [-0.05, 0) is 59.7 Å². The normalized spacial score (nSPS) is 16.3. The third-order valence-electron chi connectivity index (χ3n) is 6.38. The lowest BCUT2D eigenvalue weighted by Crippen LogP contribution is -2.49. The van der Waals surface area contributed by atoms with Crippen LogP contribution < -0.4 is 4.74 Å². The van der Waals surface area contributed by atoms with Crippen molar-refractivity contribution in [3.05, 3.63) is 94.5 Å². The van der Waals surface area contributed by atoms with Gasteiger partial charge in [0.15, 0.2) is 0 Å². The zero-order valence-electron chi connectivity index (χ0n) is 20.7. The maximum absolute atomic E-state index is 13.0. The molecule has 6 nitrogen and oxygen atoms in total. The van der Waals surface area contributed by atoms with Gasteiger partial charge in [-0.15, -0.1) is 0 Å². The first-order valence-electron chi connectivity index (χ1n) is 12.0. The molecule has 4 rings (SSSR count). The topological polar surface area (TPSA) is 59.1 Å². The Morgan fingerprint density at radius 3 is 2.26 bits per heavy atom. The van der Waals surface area contributed by atoms with Crippen molar-refractivity contribution >= 4 is 21.6 Å². The first kappa shape index (κ1) is 28.4. The van der Waals surface area contributed by atoms with Crippen LogP contribution in [0.5, 0.6) is 5.75 Å². The maximum Gasteiger partial charge on any atom is 0.416 e. The van der Waals surface area contributed by atoms with E-state index in [-0.39, 0.29) is 24.1 Å². The minimum atomic E-state index is -4.53. The van der Waals surface area contributed by atoms with Crippen LogP contribution in [-0.4, -0.2) is 57.5 Å². The smallest absolute Gasteiger partial charge is 0.416 e. The average molecular weight is 569 g/mol. The van der Waals surface area contributed by atoms with Gasteiger partial charge in [-0.2, -0.15) is 17.5 Å². The average Bonchev–Trinajstić information content (AvgIpc) is 2.91. The first-order chi connectivity index (χ1) is 18.1. The largest absolute Gasteiger partial charge is 0.497 e. The molecule has 3 aromatic carbocycles. The number of sulfonamides is 1. The lowest BCUT2D eigenvalue weighted by atomic mass is 10.1. The minimum absolute atomic E-state index is 0.155. The Bertz CT molecular complexity index is 1330. The summed E-state index contributed by atoms with van der Waals surface area (Å²) in [7, 11) is -2.31. The third-order valence-corrected chi connectivity index (χ3v) is 8.53. The molecule has 0 aromatic heterocycles. The summed E-state index contributed by atoms with van der Waals surface area (Å²) in [6, 6.07) is 18.6. The van der Waals surface area contributed by atoms with Crippen LogP contribution in [-0.2, 0) is 27.5 Å². The van der Waals surface area contributed by atoms with Gasteiger partial charge in [-0.25, -0.2) is 8.42 Å². The number of hydrogen-bond acceptors (Lipinski definition) is 5. The lowest BCUT2D eigenvalue weighted by Gasteiger charge is -2.36. The highest BCUT2D eigenvalue weighted by Crippen LogP contribution is 2.31. The van der Waals surface area contributed by atoms with Gasteiger partial charge in [0.1, 0.15) is 5.75 Å². The molecule has 38 heavy (non-hydrogen) atoms. The zero-order chi connectivity index (χ0) is 27.3. The van der Waals surface area contributed by atoms with Crippen LogP contribution in [0, 0.1) is 0 Å². The van der Waals surface area contributed by atoms with Crippen LogP contribution >= 0.6 is 11.6 Å². The van der Waals surface area contributed by atoms with Gasteiger partial charge in [0.2, 0.25) is 10.0 Å². The van der Waals surface area contributed by atoms with Crippen molar-refractivity contribution in [1.82, 2.24) is 9.21 Å². The van der Waals surface area contributed by atoms with Gasteiger partial charge in [0, 0.05) is 37.7 Å². The highest BCUT2D eigenvalue weighted by Gasteiger charge is 2.33. The Labute approximate surface area is 225 Å². The number of nitrogens with zero attached hydrogens (tertiary/aromatic N) is 2. The number of benzene rings is 3. The van der Waals surface area contributed by atoms with Crippen molar-refractivity contribution in [3.8, 4) is 5.75 Å². The van der Waals surface area contributed by atoms with E-state index in [4.69, 9.17) is 21.1 Å². The molecule has 0 spiro atoms.